The van der Waals surface area contributed by atoms with Crippen LogP contribution in [0, 0.1) is 24.1 Å². The molecule has 0 fully saturated rings. The van der Waals surface area contributed by atoms with Gasteiger partial charge < -0.3 is 4.74 Å². The largest absolute Gasteiger partial charge is 0.493 e. The van der Waals surface area contributed by atoms with Gasteiger partial charge in [-0.1, -0.05) is 0 Å². The fourth-order valence-corrected chi connectivity index (χ4v) is 1.59. The summed E-state index contributed by atoms with van der Waals surface area (Å²) in [6.07, 6.45) is 0.602. The van der Waals surface area contributed by atoms with Gasteiger partial charge in [0, 0.05) is 12.5 Å². The third-order valence-corrected chi connectivity index (χ3v) is 2.50. The van der Waals surface area contributed by atoms with Gasteiger partial charge in [0.05, 0.1) is 18.7 Å². The molecule has 0 saturated carbocycles. The second-order valence-corrected chi connectivity index (χ2v) is 4.55. The number of rotatable bonds is 6. The number of hydrogen-bond donors (Lipinski definition) is 1. The highest BCUT2D eigenvalue weighted by Crippen LogP contribution is 2.16. The molecule has 0 amide bonds. The molecule has 0 aromatic heterocycles. The van der Waals surface area contributed by atoms with Gasteiger partial charge in [0.15, 0.2) is 0 Å². The Hall–Kier alpha value is -1.60. The first-order valence-electron chi connectivity index (χ1n) is 6.07. The molecule has 0 aliphatic rings. The van der Waals surface area contributed by atoms with Crippen molar-refractivity contribution in [3.05, 3.63) is 29.6 Å². The lowest BCUT2D eigenvalue weighted by molar-refractivity contribution is 0.294. The number of benzene rings is 1. The average molecular weight is 250 g/mol. The maximum absolute atomic E-state index is 13.0. The third kappa shape index (κ3) is 4.72. The Morgan fingerprint density at radius 2 is 2.17 bits per heavy atom. The van der Waals surface area contributed by atoms with E-state index in [1.807, 2.05) is 13.8 Å². The third-order valence-electron chi connectivity index (χ3n) is 2.50. The summed E-state index contributed by atoms with van der Waals surface area (Å²) in [4.78, 5) is 0. The van der Waals surface area contributed by atoms with Crippen molar-refractivity contribution in [3.8, 4) is 11.8 Å². The molecule has 1 N–H and O–H groups in total. The fourth-order valence-electron chi connectivity index (χ4n) is 1.59. The smallest absolute Gasteiger partial charge is 0.126 e. The van der Waals surface area contributed by atoms with E-state index in [0.717, 1.165) is 0 Å². The Bertz CT molecular complexity index is 426. The van der Waals surface area contributed by atoms with Gasteiger partial charge in [0.2, 0.25) is 0 Å². The number of hydrogen-bond acceptors (Lipinski definition) is 3. The molecule has 0 saturated heterocycles. The summed E-state index contributed by atoms with van der Waals surface area (Å²) in [5.41, 5.74) is 0.560. The maximum Gasteiger partial charge on any atom is 0.126 e. The molecule has 18 heavy (non-hydrogen) atoms. The topological polar surface area (TPSA) is 45.0 Å². The van der Waals surface area contributed by atoms with E-state index in [1.165, 1.54) is 6.07 Å². The fraction of sp³-hybridized carbons (Fsp3) is 0.500. The van der Waals surface area contributed by atoms with E-state index in [-0.39, 0.29) is 17.9 Å². The number of nitriles is 1. The number of ether oxygens (including phenoxy) is 1. The van der Waals surface area contributed by atoms with E-state index < -0.39 is 0 Å². The van der Waals surface area contributed by atoms with Gasteiger partial charge >= 0.3 is 0 Å². The first kappa shape index (κ1) is 14.5. The van der Waals surface area contributed by atoms with Crippen LogP contribution in [0.5, 0.6) is 5.75 Å². The molecule has 0 aliphatic carbocycles. The van der Waals surface area contributed by atoms with E-state index in [1.54, 1.807) is 19.1 Å². The number of nitrogens with zero attached hydrogens (tertiary/aromatic N) is 1. The molecule has 0 bridgehead atoms. The van der Waals surface area contributed by atoms with Crippen LogP contribution < -0.4 is 10.1 Å². The van der Waals surface area contributed by atoms with Gasteiger partial charge in [-0.2, -0.15) is 5.26 Å². The van der Waals surface area contributed by atoms with E-state index in [4.69, 9.17) is 10.00 Å². The molecule has 1 unspecified atom stereocenters. The van der Waals surface area contributed by atoms with Crippen LogP contribution in [0.25, 0.3) is 0 Å². The molecule has 1 aromatic carbocycles. The Kier molecular flexibility index (Phi) is 5.60. The molecule has 1 atom stereocenters. The van der Waals surface area contributed by atoms with Gasteiger partial charge in [-0.25, -0.2) is 4.39 Å². The van der Waals surface area contributed by atoms with Crippen LogP contribution in [0.1, 0.15) is 25.8 Å². The predicted octanol–water partition coefficient (Wildman–Crippen LogP) is 2.79. The van der Waals surface area contributed by atoms with Crippen molar-refractivity contribution in [2.45, 2.75) is 39.3 Å². The summed E-state index contributed by atoms with van der Waals surface area (Å²) in [5, 5.41) is 12.1. The first-order valence-corrected chi connectivity index (χ1v) is 6.07. The van der Waals surface area contributed by atoms with E-state index in [0.29, 0.717) is 24.3 Å². The summed E-state index contributed by atoms with van der Waals surface area (Å²) in [7, 11) is 0. The van der Waals surface area contributed by atoms with Crippen molar-refractivity contribution in [3.63, 3.8) is 0 Å². The average Bonchev–Trinajstić information content (AvgIpc) is 2.32. The predicted molar refractivity (Wildman–Crippen MR) is 68.9 cm³/mol. The molecule has 0 spiro atoms. The highest BCUT2D eigenvalue weighted by Gasteiger charge is 2.08. The van der Waals surface area contributed by atoms with Gasteiger partial charge in [-0.3, -0.25) is 5.32 Å². The van der Waals surface area contributed by atoms with Crippen molar-refractivity contribution >= 4 is 0 Å². The Balaban J connectivity index is 2.41. The van der Waals surface area contributed by atoms with Gasteiger partial charge in [-0.05, 0) is 44.5 Å². The molecule has 1 rings (SSSR count). The number of nitrogens with one attached hydrogen (secondary N) is 1. The second kappa shape index (κ2) is 6.97. The highest BCUT2D eigenvalue weighted by molar-refractivity contribution is 5.28. The summed E-state index contributed by atoms with van der Waals surface area (Å²) in [5.74, 6) is 0.397. The van der Waals surface area contributed by atoms with Crippen molar-refractivity contribution in [2.75, 3.05) is 6.61 Å². The van der Waals surface area contributed by atoms with Crippen molar-refractivity contribution < 1.29 is 9.13 Å². The molecule has 0 heterocycles. The highest BCUT2D eigenvalue weighted by atomic mass is 19.1. The molecule has 0 aliphatic heterocycles. The zero-order valence-electron chi connectivity index (χ0n) is 11.0. The molecular formula is C14H19FN2O. The lowest BCUT2D eigenvalue weighted by Gasteiger charge is -2.15. The number of aryl methyl sites for hydroxylation is 1. The van der Waals surface area contributed by atoms with Crippen LogP contribution in [-0.4, -0.2) is 18.7 Å². The molecule has 4 heteroatoms. The van der Waals surface area contributed by atoms with Crippen molar-refractivity contribution in [2.24, 2.45) is 0 Å². The lowest BCUT2D eigenvalue weighted by atomic mass is 10.2. The summed E-state index contributed by atoms with van der Waals surface area (Å²) < 4.78 is 18.5. The van der Waals surface area contributed by atoms with Crippen LogP contribution >= 0.6 is 0 Å². The Labute approximate surface area is 108 Å². The second-order valence-electron chi connectivity index (χ2n) is 4.55. The number of halogens is 1. The molecule has 98 valence electrons. The van der Waals surface area contributed by atoms with Crippen LogP contribution in [0.15, 0.2) is 18.2 Å². The quantitative estimate of drug-likeness (QED) is 0.844. The van der Waals surface area contributed by atoms with E-state index in [9.17, 15) is 4.39 Å². The Morgan fingerprint density at radius 3 is 2.72 bits per heavy atom. The summed E-state index contributed by atoms with van der Waals surface area (Å²) in [6.45, 7) is 6.12. The zero-order chi connectivity index (χ0) is 13.5. The SMILES string of the molecule is Cc1cc(OCCC(C#N)NC(C)C)ccc1F. The minimum absolute atomic E-state index is 0.216. The summed E-state index contributed by atoms with van der Waals surface area (Å²) >= 11 is 0. The van der Waals surface area contributed by atoms with Crippen LogP contribution in [-0.2, 0) is 0 Å². The Morgan fingerprint density at radius 1 is 1.44 bits per heavy atom. The molecule has 1 aromatic rings. The standard InChI is InChI=1S/C14H19FN2O/c1-10(2)17-12(9-16)6-7-18-13-4-5-14(15)11(3)8-13/h4-5,8,10,12,17H,6-7H2,1-3H3. The molecular weight excluding hydrogens is 231 g/mol. The lowest BCUT2D eigenvalue weighted by Crippen LogP contribution is -2.34. The summed E-state index contributed by atoms with van der Waals surface area (Å²) in [6, 6.07) is 6.88. The molecule has 0 radical (unpaired) electrons. The molecule has 3 nitrogen and oxygen atoms in total. The van der Waals surface area contributed by atoms with Gasteiger partial charge in [-0.15, -0.1) is 0 Å². The minimum Gasteiger partial charge on any atom is -0.493 e. The first-order chi connectivity index (χ1) is 8.52. The van der Waals surface area contributed by atoms with Gasteiger partial charge in [0.1, 0.15) is 11.6 Å². The van der Waals surface area contributed by atoms with Gasteiger partial charge in [0.25, 0.3) is 0 Å². The van der Waals surface area contributed by atoms with E-state index in [2.05, 4.69) is 11.4 Å². The van der Waals surface area contributed by atoms with Crippen LogP contribution in [0.2, 0.25) is 0 Å². The van der Waals surface area contributed by atoms with E-state index >= 15 is 0 Å². The van der Waals surface area contributed by atoms with Crippen LogP contribution in [0.3, 0.4) is 0 Å². The van der Waals surface area contributed by atoms with Crippen molar-refractivity contribution in [1.29, 1.82) is 5.26 Å². The van der Waals surface area contributed by atoms with Crippen molar-refractivity contribution in [1.82, 2.24) is 5.32 Å². The maximum atomic E-state index is 13.0. The monoisotopic (exact) mass is 250 g/mol. The minimum atomic E-state index is -0.237. The van der Waals surface area contributed by atoms with Crippen LogP contribution in [0.4, 0.5) is 4.39 Å². The zero-order valence-corrected chi connectivity index (χ0v) is 11.0. The normalized spacial score (nSPS) is 12.2.